The number of hydrazone groups is 1. The van der Waals surface area contributed by atoms with Gasteiger partial charge in [0.2, 0.25) is 0 Å². The molecule has 0 fully saturated rings. The summed E-state index contributed by atoms with van der Waals surface area (Å²) in [6, 6.07) is 7.99. The minimum atomic E-state index is -0.474. The van der Waals surface area contributed by atoms with Crippen LogP contribution in [0.5, 0.6) is 5.75 Å². The summed E-state index contributed by atoms with van der Waals surface area (Å²) in [4.78, 5) is 14.4. The molecule has 7 heteroatoms. The molecule has 0 saturated heterocycles. The van der Waals surface area contributed by atoms with Gasteiger partial charge >= 0.3 is 0 Å². The Hall–Kier alpha value is -2.16. The normalized spacial score (nSPS) is 18.0. The van der Waals surface area contributed by atoms with Crippen LogP contribution in [-0.2, 0) is 0 Å². The average molecular weight is 509 g/mol. The zero-order valence-electron chi connectivity index (χ0n) is 17.0. The van der Waals surface area contributed by atoms with Gasteiger partial charge in [-0.25, -0.2) is 9.82 Å². The molecule has 1 aliphatic rings. The van der Waals surface area contributed by atoms with Crippen LogP contribution in [0.25, 0.3) is 0 Å². The van der Waals surface area contributed by atoms with Crippen LogP contribution in [0.4, 0.5) is 10.1 Å². The molecule has 154 valence electrons. The minimum Gasteiger partial charge on any atom is -0.507 e. The number of carbonyl (C=O) groups is 1. The summed E-state index contributed by atoms with van der Waals surface area (Å²) in [6.07, 6.45) is 2.30. The maximum absolute atomic E-state index is 14.7. The van der Waals surface area contributed by atoms with Gasteiger partial charge in [0.1, 0.15) is 11.6 Å². The second-order valence-electron chi connectivity index (χ2n) is 7.96. The molecule has 1 atom stereocenters. The maximum atomic E-state index is 14.7. The first-order valence-electron chi connectivity index (χ1n) is 9.57. The van der Waals surface area contributed by atoms with Gasteiger partial charge in [-0.2, -0.15) is 5.10 Å². The Morgan fingerprint density at radius 3 is 2.79 bits per heavy atom. The Morgan fingerprint density at radius 1 is 1.41 bits per heavy atom. The second kappa shape index (κ2) is 8.30. The van der Waals surface area contributed by atoms with E-state index in [2.05, 4.69) is 43.1 Å². The van der Waals surface area contributed by atoms with Crippen LogP contribution in [0.2, 0.25) is 0 Å². The van der Waals surface area contributed by atoms with E-state index < -0.39 is 5.91 Å². The molecule has 1 amide bonds. The summed E-state index contributed by atoms with van der Waals surface area (Å²) in [7, 11) is 0. The van der Waals surface area contributed by atoms with Crippen LogP contribution in [0.1, 0.15) is 61.5 Å². The third kappa shape index (κ3) is 4.39. The number of rotatable bonds is 4. The Bertz CT molecular complexity index is 975. The summed E-state index contributed by atoms with van der Waals surface area (Å²) in [5.41, 5.74) is 4.97. The summed E-state index contributed by atoms with van der Waals surface area (Å²) in [5.74, 6) is -0.532. The molecule has 0 aromatic heterocycles. The third-order valence-electron chi connectivity index (χ3n) is 5.40. The summed E-state index contributed by atoms with van der Waals surface area (Å²) < 4.78 is 15.4. The molecule has 5 nitrogen and oxygen atoms in total. The lowest BCUT2D eigenvalue weighted by Crippen LogP contribution is -2.48. The van der Waals surface area contributed by atoms with E-state index >= 15 is 0 Å². The molecular weight excluding hydrogens is 484 g/mol. The standard InChI is InChI=1S/C22H25FIN3O2/c1-5-27-19-10-17(23)15(8-16(19)13(2)11-22(27,3)4)12-25-26-21(29)14-6-7-18(24)20(28)9-14/h6-10,12-13,28H,5,11H2,1-4H3,(H,26,29)/b25-12-. The zero-order valence-corrected chi connectivity index (χ0v) is 19.1. The number of fused-ring (bicyclic) bond motifs is 1. The molecule has 2 aromatic carbocycles. The molecule has 29 heavy (non-hydrogen) atoms. The maximum Gasteiger partial charge on any atom is 0.271 e. The SMILES string of the molecule is CCN1c2cc(F)c(/C=N\NC(=O)c3ccc(I)c(O)c3)cc2C(C)CC1(C)C. The molecule has 0 bridgehead atoms. The van der Waals surface area contributed by atoms with Gasteiger partial charge in [0.15, 0.2) is 0 Å². The number of aromatic hydroxyl groups is 1. The lowest BCUT2D eigenvalue weighted by atomic mass is 9.79. The van der Waals surface area contributed by atoms with Crippen molar-refractivity contribution in [1.82, 2.24) is 5.43 Å². The number of phenolic OH excluding ortho intramolecular Hbond substituents is 1. The highest BCUT2D eigenvalue weighted by Crippen LogP contribution is 2.43. The highest BCUT2D eigenvalue weighted by atomic mass is 127. The molecule has 1 unspecified atom stereocenters. The predicted octanol–water partition coefficient (Wildman–Crippen LogP) is 5.01. The van der Waals surface area contributed by atoms with Crippen LogP contribution in [0.3, 0.4) is 0 Å². The van der Waals surface area contributed by atoms with Crippen molar-refractivity contribution in [1.29, 1.82) is 0 Å². The number of nitrogens with one attached hydrogen (secondary N) is 1. The fraction of sp³-hybridized carbons (Fsp3) is 0.364. The Morgan fingerprint density at radius 2 is 2.14 bits per heavy atom. The fourth-order valence-corrected chi connectivity index (χ4v) is 4.43. The largest absolute Gasteiger partial charge is 0.507 e. The smallest absolute Gasteiger partial charge is 0.271 e. The van der Waals surface area contributed by atoms with E-state index in [0.717, 1.165) is 24.2 Å². The van der Waals surface area contributed by atoms with Crippen LogP contribution < -0.4 is 10.3 Å². The predicted molar refractivity (Wildman–Crippen MR) is 122 cm³/mol. The lowest BCUT2D eigenvalue weighted by molar-refractivity contribution is 0.0954. The van der Waals surface area contributed by atoms with E-state index in [1.54, 1.807) is 18.2 Å². The topological polar surface area (TPSA) is 64.9 Å². The molecule has 0 saturated carbocycles. The summed E-state index contributed by atoms with van der Waals surface area (Å²) >= 11 is 1.97. The molecule has 3 rings (SSSR count). The van der Waals surface area contributed by atoms with Gasteiger partial charge in [-0.05, 0) is 91.6 Å². The molecule has 0 radical (unpaired) electrons. The lowest BCUT2D eigenvalue weighted by Gasteiger charge is -2.47. The van der Waals surface area contributed by atoms with Crippen molar-refractivity contribution in [3.05, 3.63) is 56.4 Å². The van der Waals surface area contributed by atoms with E-state index in [9.17, 15) is 14.3 Å². The molecule has 2 aromatic rings. The minimum absolute atomic E-state index is 0.0281. The van der Waals surface area contributed by atoms with E-state index in [-0.39, 0.29) is 22.7 Å². The Labute approximate surface area is 184 Å². The van der Waals surface area contributed by atoms with Crippen molar-refractivity contribution < 1.29 is 14.3 Å². The van der Waals surface area contributed by atoms with E-state index in [0.29, 0.717) is 15.1 Å². The highest BCUT2D eigenvalue weighted by Gasteiger charge is 2.36. The highest BCUT2D eigenvalue weighted by molar-refractivity contribution is 14.1. The number of anilines is 1. The van der Waals surface area contributed by atoms with Crippen molar-refractivity contribution in [3.8, 4) is 5.75 Å². The van der Waals surface area contributed by atoms with Crippen LogP contribution in [0.15, 0.2) is 35.4 Å². The number of amides is 1. The van der Waals surface area contributed by atoms with Gasteiger partial charge in [0.25, 0.3) is 5.91 Å². The van der Waals surface area contributed by atoms with Crippen molar-refractivity contribution in [2.75, 3.05) is 11.4 Å². The molecule has 0 spiro atoms. The third-order valence-corrected chi connectivity index (χ3v) is 6.31. The quantitative estimate of drug-likeness (QED) is 0.346. The molecule has 1 heterocycles. The number of benzene rings is 2. The molecular formula is C22H25FIN3O2. The summed E-state index contributed by atoms with van der Waals surface area (Å²) in [6.45, 7) is 9.39. The first kappa shape index (κ1) is 21.5. The molecule has 0 aliphatic carbocycles. The van der Waals surface area contributed by atoms with Gasteiger partial charge in [0.05, 0.1) is 9.78 Å². The van der Waals surface area contributed by atoms with Crippen LogP contribution in [-0.4, -0.2) is 29.3 Å². The Balaban J connectivity index is 1.82. The first-order chi connectivity index (χ1) is 13.6. The van der Waals surface area contributed by atoms with Gasteiger partial charge in [-0.3, -0.25) is 4.79 Å². The van der Waals surface area contributed by atoms with Gasteiger partial charge in [-0.1, -0.05) is 6.92 Å². The van der Waals surface area contributed by atoms with E-state index in [1.165, 1.54) is 12.3 Å². The van der Waals surface area contributed by atoms with Gasteiger partial charge < -0.3 is 10.0 Å². The number of hydrogen-bond acceptors (Lipinski definition) is 4. The second-order valence-corrected chi connectivity index (χ2v) is 9.12. The van der Waals surface area contributed by atoms with E-state index in [1.807, 2.05) is 28.7 Å². The monoisotopic (exact) mass is 509 g/mol. The average Bonchev–Trinajstić information content (AvgIpc) is 2.64. The fourth-order valence-electron chi connectivity index (χ4n) is 4.10. The van der Waals surface area contributed by atoms with Crippen molar-refractivity contribution >= 4 is 40.4 Å². The number of phenols is 1. The van der Waals surface area contributed by atoms with Gasteiger partial charge in [-0.15, -0.1) is 0 Å². The van der Waals surface area contributed by atoms with Crippen molar-refractivity contribution in [2.24, 2.45) is 5.10 Å². The number of carbonyl (C=O) groups excluding carboxylic acids is 1. The van der Waals surface area contributed by atoms with E-state index in [4.69, 9.17) is 0 Å². The van der Waals surface area contributed by atoms with Crippen molar-refractivity contribution in [2.45, 2.75) is 45.6 Å². The van der Waals surface area contributed by atoms with Gasteiger partial charge in [0, 0.05) is 28.9 Å². The molecule has 1 aliphatic heterocycles. The first-order valence-corrected chi connectivity index (χ1v) is 10.6. The van der Waals surface area contributed by atoms with Crippen molar-refractivity contribution in [3.63, 3.8) is 0 Å². The number of halogens is 2. The number of nitrogens with zero attached hydrogens (tertiary/aromatic N) is 2. The molecule has 2 N–H and O–H groups in total. The number of hydrogen-bond donors (Lipinski definition) is 2. The van der Waals surface area contributed by atoms with Crippen LogP contribution >= 0.6 is 22.6 Å². The Kier molecular flexibility index (Phi) is 6.16. The summed E-state index contributed by atoms with van der Waals surface area (Å²) in [5, 5.41) is 13.6. The van der Waals surface area contributed by atoms with Crippen LogP contribution in [0, 0.1) is 9.39 Å². The zero-order chi connectivity index (χ0) is 21.3.